The number of hydrogen-bond donors (Lipinski definition) is 1. The Labute approximate surface area is 153 Å². The molecule has 2 aromatic rings. The lowest BCUT2D eigenvalue weighted by Crippen LogP contribution is -2.11. The van der Waals surface area contributed by atoms with Crippen LogP contribution in [0.25, 0.3) is 5.69 Å². The Morgan fingerprint density at radius 1 is 1.26 bits per heavy atom. The Kier molecular flexibility index (Phi) is 4.69. The van der Waals surface area contributed by atoms with E-state index in [-0.39, 0.29) is 23.5 Å². The molecule has 0 aliphatic heterocycles. The molecular formula is C16H18F4N4O2S. The second-order valence-electron chi connectivity index (χ2n) is 6.73. The van der Waals surface area contributed by atoms with Gasteiger partial charge in [0.1, 0.15) is 4.90 Å². The van der Waals surface area contributed by atoms with Gasteiger partial charge in [-0.2, -0.15) is 31.3 Å². The van der Waals surface area contributed by atoms with Gasteiger partial charge in [0, 0.05) is 7.05 Å². The first kappa shape index (κ1) is 19.6. The summed E-state index contributed by atoms with van der Waals surface area (Å²) in [6.45, 7) is 3.61. The quantitative estimate of drug-likeness (QED) is 0.600. The highest BCUT2D eigenvalue weighted by Crippen LogP contribution is 2.45. The van der Waals surface area contributed by atoms with E-state index in [2.05, 4.69) is 15.4 Å². The summed E-state index contributed by atoms with van der Waals surface area (Å²) in [5.74, 6) is -1.84. The highest BCUT2D eigenvalue weighted by Gasteiger charge is 2.38. The molecule has 0 unspecified atom stereocenters. The number of nitrogens with one attached hydrogen (secondary N) is 1. The van der Waals surface area contributed by atoms with E-state index in [1.807, 2.05) is 0 Å². The van der Waals surface area contributed by atoms with Gasteiger partial charge in [0.2, 0.25) is 5.95 Å². The van der Waals surface area contributed by atoms with Crippen LogP contribution in [-0.2, 0) is 16.4 Å². The molecule has 1 aliphatic rings. The van der Waals surface area contributed by atoms with Gasteiger partial charge in [0.15, 0.2) is 0 Å². The third-order valence-corrected chi connectivity index (χ3v) is 5.25. The van der Waals surface area contributed by atoms with Crippen LogP contribution in [0.15, 0.2) is 17.0 Å². The number of hydrogen-bond acceptors (Lipinski definition) is 5. The van der Waals surface area contributed by atoms with Crippen LogP contribution in [0.5, 0.6) is 0 Å². The maximum Gasteiger partial charge on any atom is 0.453 e. The maximum atomic E-state index is 13.9. The van der Waals surface area contributed by atoms with Gasteiger partial charge in [-0.25, -0.2) is 0 Å². The van der Waals surface area contributed by atoms with Crippen LogP contribution in [0.4, 0.5) is 23.0 Å². The molecule has 6 nitrogen and oxygen atoms in total. The van der Waals surface area contributed by atoms with E-state index in [0.717, 1.165) is 23.6 Å². The van der Waals surface area contributed by atoms with Crippen molar-refractivity contribution in [2.24, 2.45) is 0 Å². The van der Waals surface area contributed by atoms with Gasteiger partial charge in [-0.15, -0.1) is 8.98 Å². The van der Waals surface area contributed by atoms with Crippen LogP contribution in [0.3, 0.4) is 0 Å². The summed E-state index contributed by atoms with van der Waals surface area (Å²) in [7, 11) is -3.69. The summed E-state index contributed by atoms with van der Waals surface area (Å²) < 4.78 is 77.1. The first-order chi connectivity index (χ1) is 12.4. The average Bonchev–Trinajstić information content (AvgIpc) is 3.29. The summed E-state index contributed by atoms with van der Waals surface area (Å²) in [5.41, 5.74) is 0.949. The van der Waals surface area contributed by atoms with Gasteiger partial charge in [-0.3, -0.25) is 0 Å². The van der Waals surface area contributed by atoms with Crippen molar-refractivity contribution >= 4 is 16.2 Å². The van der Waals surface area contributed by atoms with Crippen LogP contribution in [-0.4, -0.2) is 30.2 Å². The number of halogens is 4. The number of aromatic nitrogens is 3. The number of benzene rings is 1. The minimum atomic E-state index is -5.06. The van der Waals surface area contributed by atoms with E-state index in [1.165, 1.54) is 7.05 Å². The molecule has 1 aromatic carbocycles. The Morgan fingerprint density at radius 3 is 2.33 bits per heavy atom. The van der Waals surface area contributed by atoms with Crippen LogP contribution in [0, 0.1) is 0 Å². The molecule has 0 saturated heterocycles. The molecule has 1 aromatic heterocycles. The van der Waals surface area contributed by atoms with Gasteiger partial charge in [0.25, 0.3) is 5.82 Å². The molecule has 1 fully saturated rings. The molecule has 0 spiro atoms. The van der Waals surface area contributed by atoms with Crippen LogP contribution in [0.2, 0.25) is 0 Å². The van der Waals surface area contributed by atoms with E-state index < -0.39 is 27.1 Å². The highest BCUT2D eigenvalue weighted by atomic mass is 32.3. The molecule has 11 heteroatoms. The van der Waals surface area contributed by atoms with Crippen molar-refractivity contribution in [3.63, 3.8) is 0 Å². The van der Waals surface area contributed by atoms with E-state index in [4.69, 9.17) is 0 Å². The molecular weight excluding hydrogens is 388 g/mol. The van der Waals surface area contributed by atoms with Gasteiger partial charge >= 0.3 is 16.4 Å². The number of nitrogens with zero attached hydrogens (tertiary/aromatic N) is 3. The second kappa shape index (κ2) is 6.47. The molecule has 1 aliphatic carbocycles. The standard InChI is InChI=1S/C16H18F4N4O2S/c1-8(2)10-6-11(9-4-5-9)13(27(20,25)26)7-12(10)24-15(21-3)22-14(23-24)16(17,18)19/h6-9H,4-5H2,1-3H3,(H,21,22,23). The van der Waals surface area contributed by atoms with E-state index in [1.54, 1.807) is 19.9 Å². The van der Waals surface area contributed by atoms with Gasteiger partial charge in [-0.05, 0) is 41.9 Å². The fraction of sp³-hybridized carbons (Fsp3) is 0.500. The summed E-state index contributed by atoms with van der Waals surface area (Å²) in [6, 6.07) is 2.60. The van der Waals surface area contributed by atoms with Crippen molar-refractivity contribution in [1.82, 2.24) is 14.8 Å². The molecule has 0 bridgehead atoms. The van der Waals surface area contributed by atoms with Gasteiger partial charge in [0.05, 0.1) is 5.69 Å². The third kappa shape index (κ3) is 3.78. The first-order valence-electron chi connectivity index (χ1n) is 8.28. The number of anilines is 1. The molecule has 1 saturated carbocycles. The van der Waals surface area contributed by atoms with E-state index in [9.17, 15) is 25.5 Å². The fourth-order valence-electron chi connectivity index (χ4n) is 2.94. The monoisotopic (exact) mass is 406 g/mol. The Bertz CT molecular complexity index is 979. The third-order valence-electron chi connectivity index (χ3n) is 4.37. The van der Waals surface area contributed by atoms with Crippen molar-refractivity contribution in [1.29, 1.82) is 0 Å². The van der Waals surface area contributed by atoms with Gasteiger partial charge in [-0.1, -0.05) is 19.9 Å². The first-order valence-corrected chi connectivity index (χ1v) is 9.66. The Balaban J connectivity index is 2.31. The minimum absolute atomic E-state index is 0.0398. The van der Waals surface area contributed by atoms with E-state index in [0.29, 0.717) is 11.1 Å². The second-order valence-corrected chi connectivity index (χ2v) is 8.05. The van der Waals surface area contributed by atoms with Crippen LogP contribution in [0.1, 0.15) is 55.5 Å². The lowest BCUT2D eigenvalue weighted by atomic mass is 9.96. The van der Waals surface area contributed by atoms with Crippen molar-refractivity contribution in [2.45, 2.75) is 49.6 Å². The molecule has 0 atom stereocenters. The smallest absolute Gasteiger partial charge is 0.357 e. The predicted octanol–water partition coefficient (Wildman–Crippen LogP) is 3.99. The highest BCUT2D eigenvalue weighted by molar-refractivity contribution is 7.86. The summed E-state index contributed by atoms with van der Waals surface area (Å²) in [5, 5.41) is 5.99. The topological polar surface area (TPSA) is 76.9 Å². The predicted molar refractivity (Wildman–Crippen MR) is 90.3 cm³/mol. The van der Waals surface area contributed by atoms with Crippen LogP contribution < -0.4 is 5.32 Å². The molecule has 3 rings (SSSR count). The lowest BCUT2D eigenvalue weighted by Gasteiger charge is -2.18. The lowest BCUT2D eigenvalue weighted by molar-refractivity contribution is -0.144. The number of alkyl halides is 3. The van der Waals surface area contributed by atoms with Crippen molar-refractivity contribution in [3.8, 4) is 5.69 Å². The SMILES string of the molecule is CNc1nc(C(F)(F)F)nn1-c1cc(S(=O)(=O)F)c(C2CC2)cc1C(C)C. The Morgan fingerprint density at radius 2 is 1.89 bits per heavy atom. The maximum absolute atomic E-state index is 13.9. The zero-order valence-corrected chi connectivity index (χ0v) is 15.6. The fourth-order valence-corrected chi connectivity index (χ4v) is 3.70. The van der Waals surface area contributed by atoms with Gasteiger partial charge < -0.3 is 5.32 Å². The van der Waals surface area contributed by atoms with Crippen molar-refractivity contribution in [2.75, 3.05) is 12.4 Å². The van der Waals surface area contributed by atoms with Crippen molar-refractivity contribution < 1.29 is 25.5 Å². The molecule has 148 valence electrons. The number of rotatable bonds is 5. The minimum Gasteiger partial charge on any atom is -0.357 e. The molecule has 1 N–H and O–H groups in total. The summed E-state index contributed by atoms with van der Waals surface area (Å²) >= 11 is 0. The van der Waals surface area contributed by atoms with Crippen molar-refractivity contribution in [3.05, 3.63) is 29.1 Å². The Hall–Kier alpha value is -2.17. The molecule has 27 heavy (non-hydrogen) atoms. The molecule has 0 amide bonds. The zero-order chi connectivity index (χ0) is 20.1. The average molecular weight is 406 g/mol. The zero-order valence-electron chi connectivity index (χ0n) is 14.8. The van der Waals surface area contributed by atoms with E-state index >= 15 is 0 Å². The normalized spacial score (nSPS) is 15.4. The van der Waals surface area contributed by atoms with Crippen LogP contribution >= 0.6 is 0 Å². The summed E-state index contributed by atoms with van der Waals surface area (Å²) in [6.07, 6.45) is -3.30. The largest absolute Gasteiger partial charge is 0.453 e. The summed E-state index contributed by atoms with van der Waals surface area (Å²) in [4.78, 5) is 2.88. The molecule has 1 heterocycles. The molecule has 0 radical (unpaired) electrons.